The van der Waals surface area contributed by atoms with E-state index in [0.717, 1.165) is 6.26 Å². The van der Waals surface area contributed by atoms with Gasteiger partial charge in [-0.1, -0.05) is 0 Å². The summed E-state index contributed by atoms with van der Waals surface area (Å²) in [5.41, 5.74) is 1.46. The van der Waals surface area contributed by atoms with E-state index in [9.17, 15) is 17.6 Å². The molecule has 0 atom stereocenters. The number of morpholine rings is 1. The van der Waals surface area contributed by atoms with Gasteiger partial charge in [0.15, 0.2) is 14.9 Å². The van der Waals surface area contributed by atoms with Gasteiger partial charge in [0.2, 0.25) is 0 Å². The highest BCUT2D eigenvalue weighted by Gasteiger charge is 2.24. The zero-order valence-corrected chi connectivity index (χ0v) is 19.9. The number of carbonyl (C=O) groups is 1. The summed E-state index contributed by atoms with van der Waals surface area (Å²) in [5.74, 6) is -0.718. The van der Waals surface area contributed by atoms with E-state index in [1.165, 1.54) is 35.3 Å². The van der Waals surface area contributed by atoms with Gasteiger partial charge in [-0.2, -0.15) is 15.0 Å². The molecule has 0 aliphatic carbocycles. The topological polar surface area (TPSA) is 131 Å². The molecule has 1 fully saturated rings. The third-order valence-electron chi connectivity index (χ3n) is 5.78. The molecule has 5 rings (SSSR count). The summed E-state index contributed by atoms with van der Waals surface area (Å²) in [6, 6.07) is 10.6. The maximum Gasteiger partial charge on any atom is 0.254 e. The summed E-state index contributed by atoms with van der Waals surface area (Å²) in [6.07, 6.45) is 3.76. The van der Waals surface area contributed by atoms with Crippen LogP contribution >= 0.6 is 0 Å². The predicted octanol–water partition coefficient (Wildman–Crippen LogP) is 2.37. The number of hydrogen-bond donors (Lipinski definition) is 0. The molecule has 0 unspecified atom stereocenters. The van der Waals surface area contributed by atoms with Crippen molar-refractivity contribution in [2.24, 2.45) is 0 Å². The summed E-state index contributed by atoms with van der Waals surface area (Å²) in [7, 11) is -3.71. The van der Waals surface area contributed by atoms with E-state index in [-0.39, 0.29) is 28.0 Å². The van der Waals surface area contributed by atoms with Gasteiger partial charge in [-0.15, -0.1) is 0 Å². The van der Waals surface area contributed by atoms with Gasteiger partial charge < -0.3 is 9.64 Å². The predicted molar refractivity (Wildman–Crippen MR) is 127 cm³/mol. The van der Waals surface area contributed by atoms with Crippen LogP contribution in [-0.4, -0.2) is 71.5 Å². The van der Waals surface area contributed by atoms with Gasteiger partial charge in [0.25, 0.3) is 11.9 Å². The Hall–Kier alpha value is -4.21. The number of carbonyl (C=O) groups excluding carboxylic acids is 1. The fourth-order valence-electron chi connectivity index (χ4n) is 3.98. The van der Waals surface area contributed by atoms with Crippen molar-refractivity contribution in [2.45, 2.75) is 5.03 Å². The Morgan fingerprint density at radius 2 is 1.83 bits per heavy atom. The van der Waals surface area contributed by atoms with Gasteiger partial charge in [-0.3, -0.25) is 4.79 Å². The Kier molecular flexibility index (Phi) is 5.95. The third kappa shape index (κ3) is 4.30. The zero-order chi connectivity index (χ0) is 25.4. The largest absolute Gasteiger partial charge is 0.378 e. The number of sulfone groups is 1. The van der Waals surface area contributed by atoms with Crippen LogP contribution in [-0.2, 0) is 14.6 Å². The fraction of sp³-hybridized carbons (Fsp3) is 0.208. The maximum atomic E-state index is 14.3. The molecule has 12 heteroatoms. The van der Waals surface area contributed by atoms with Crippen LogP contribution in [0.25, 0.3) is 28.0 Å². The second-order valence-corrected chi connectivity index (χ2v) is 10.1. The quantitative estimate of drug-likeness (QED) is 0.412. The molecular weight excluding hydrogens is 487 g/mol. The van der Waals surface area contributed by atoms with Gasteiger partial charge in [0.1, 0.15) is 5.82 Å². The lowest BCUT2D eigenvalue weighted by Crippen LogP contribution is -2.40. The second-order valence-electron chi connectivity index (χ2n) is 8.20. The number of aromatic nitrogens is 4. The molecule has 0 saturated carbocycles. The second kappa shape index (κ2) is 9.10. The van der Waals surface area contributed by atoms with Crippen molar-refractivity contribution in [3.05, 3.63) is 65.7 Å². The lowest BCUT2D eigenvalue weighted by Gasteiger charge is -2.26. The van der Waals surface area contributed by atoms with E-state index in [4.69, 9.17) is 10.00 Å². The molecule has 182 valence electrons. The molecule has 1 amide bonds. The van der Waals surface area contributed by atoms with Crippen molar-refractivity contribution < 1.29 is 22.3 Å². The lowest BCUT2D eigenvalue weighted by atomic mass is 10.1. The van der Waals surface area contributed by atoms with Gasteiger partial charge in [-0.25, -0.2) is 22.8 Å². The molecule has 2 aromatic carbocycles. The minimum absolute atomic E-state index is 0.0338. The Balaban J connectivity index is 1.60. The zero-order valence-electron chi connectivity index (χ0n) is 19.0. The monoisotopic (exact) mass is 506 g/mol. The number of nitrogens with zero attached hydrogens (tertiary/aromatic N) is 6. The summed E-state index contributed by atoms with van der Waals surface area (Å²) in [6.45, 7) is 1.81. The van der Waals surface area contributed by atoms with Crippen LogP contribution in [0.15, 0.2) is 53.8 Å². The molecule has 3 heterocycles. The van der Waals surface area contributed by atoms with Crippen molar-refractivity contribution in [1.82, 2.24) is 24.6 Å². The minimum Gasteiger partial charge on any atom is -0.378 e. The van der Waals surface area contributed by atoms with Crippen molar-refractivity contribution >= 4 is 26.6 Å². The summed E-state index contributed by atoms with van der Waals surface area (Å²) >= 11 is 0. The Bertz CT molecular complexity index is 1640. The first-order valence-corrected chi connectivity index (χ1v) is 12.8. The lowest BCUT2D eigenvalue weighted by molar-refractivity contribution is 0.0303. The number of amides is 1. The summed E-state index contributed by atoms with van der Waals surface area (Å²) in [5, 5.41) is 13.5. The highest BCUT2D eigenvalue weighted by molar-refractivity contribution is 7.90. The Labute approximate surface area is 205 Å². The number of ether oxygens (including phenoxy) is 1. The number of rotatable bonds is 4. The average Bonchev–Trinajstić information content (AvgIpc) is 3.29. The maximum absolute atomic E-state index is 14.3. The van der Waals surface area contributed by atoms with Crippen molar-refractivity contribution in [3.8, 4) is 23.1 Å². The summed E-state index contributed by atoms with van der Waals surface area (Å²) in [4.78, 5) is 23.2. The Morgan fingerprint density at radius 3 is 2.50 bits per heavy atom. The van der Waals surface area contributed by atoms with E-state index >= 15 is 0 Å². The first-order valence-electron chi connectivity index (χ1n) is 10.9. The van der Waals surface area contributed by atoms with E-state index in [1.54, 1.807) is 23.1 Å². The van der Waals surface area contributed by atoms with Crippen LogP contribution in [0.4, 0.5) is 4.39 Å². The van der Waals surface area contributed by atoms with Crippen molar-refractivity contribution in [1.29, 1.82) is 5.26 Å². The van der Waals surface area contributed by atoms with Gasteiger partial charge in [0, 0.05) is 53.8 Å². The molecular formula is C24H19FN6O4S. The van der Waals surface area contributed by atoms with Crippen LogP contribution in [0.3, 0.4) is 0 Å². The molecule has 0 N–H and O–H groups in total. The van der Waals surface area contributed by atoms with Crippen LogP contribution in [0, 0.1) is 17.1 Å². The first kappa shape index (κ1) is 23.5. The van der Waals surface area contributed by atoms with Crippen molar-refractivity contribution in [2.75, 3.05) is 32.6 Å². The Morgan fingerprint density at radius 1 is 1.11 bits per heavy atom. The summed E-state index contributed by atoms with van der Waals surface area (Å²) < 4.78 is 45.7. The van der Waals surface area contributed by atoms with Crippen LogP contribution < -0.4 is 0 Å². The number of hydrogen-bond acceptors (Lipinski definition) is 8. The van der Waals surface area contributed by atoms with Gasteiger partial charge in [-0.05, 0) is 36.4 Å². The average molecular weight is 507 g/mol. The van der Waals surface area contributed by atoms with Gasteiger partial charge in [0.05, 0.1) is 30.4 Å². The highest BCUT2D eigenvalue weighted by Crippen LogP contribution is 2.27. The van der Waals surface area contributed by atoms with E-state index in [0.29, 0.717) is 48.3 Å². The molecule has 4 aromatic rings. The molecule has 1 aliphatic rings. The number of fused-ring (bicyclic) bond motifs is 1. The number of halogens is 1. The van der Waals surface area contributed by atoms with E-state index in [1.807, 2.05) is 6.07 Å². The van der Waals surface area contributed by atoms with Crippen LogP contribution in [0.1, 0.15) is 15.9 Å². The minimum atomic E-state index is -3.71. The number of benzene rings is 2. The molecule has 10 nitrogen and oxygen atoms in total. The normalized spacial score (nSPS) is 14.1. The van der Waals surface area contributed by atoms with E-state index < -0.39 is 15.7 Å². The van der Waals surface area contributed by atoms with Gasteiger partial charge >= 0.3 is 0 Å². The molecule has 36 heavy (non-hydrogen) atoms. The molecule has 1 saturated heterocycles. The number of nitriles is 1. The molecule has 1 aliphatic heterocycles. The van der Waals surface area contributed by atoms with E-state index in [2.05, 4.69) is 15.1 Å². The van der Waals surface area contributed by atoms with Crippen molar-refractivity contribution in [3.63, 3.8) is 0 Å². The smallest absolute Gasteiger partial charge is 0.254 e. The van der Waals surface area contributed by atoms with Crippen LogP contribution in [0.2, 0.25) is 0 Å². The fourth-order valence-corrected chi connectivity index (χ4v) is 4.78. The SMILES string of the molecule is CS(=O)(=O)c1nn(-c2ncc(-c3cc(C#N)ccc3F)cn2)c2cc(C(=O)N3CCOCC3)ccc12. The standard InChI is InChI=1S/C24H19FN6O4S/c1-36(33,34)22-18-4-3-16(23(32)30-6-8-35-9-7-30)11-21(18)31(29-22)24-27-13-17(14-28-24)19-10-15(12-26)2-5-20(19)25/h2-5,10-11,13-14H,6-9H2,1H3. The third-order valence-corrected chi connectivity index (χ3v) is 6.78. The molecule has 0 spiro atoms. The molecule has 0 bridgehead atoms. The van der Waals surface area contributed by atoms with Crippen LogP contribution in [0.5, 0.6) is 0 Å². The first-order chi connectivity index (χ1) is 17.3. The molecule has 0 radical (unpaired) electrons. The molecule has 2 aromatic heterocycles. The highest BCUT2D eigenvalue weighted by atomic mass is 32.2.